The van der Waals surface area contributed by atoms with Crippen LogP contribution < -0.4 is 15.2 Å². The number of piperidine rings is 1. The summed E-state index contributed by atoms with van der Waals surface area (Å²) in [5.74, 6) is 0.618. The van der Waals surface area contributed by atoms with Gasteiger partial charge >= 0.3 is 0 Å². The predicted octanol–water partition coefficient (Wildman–Crippen LogP) is 2.68. The van der Waals surface area contributed by atoms with E-state index in [2.05, 4.69) is 16.0 Å². The summed E-state index contributed by atoms with van der Waals surface area (Å²) >= 11 is 0. The first kappa shape index (κ1) is 18.2. The van der Waals surface area contributed by atoms with Crippen molar-refractivity contribution in [3.63, 3.8) is 0 Å². The first-order chi connectivity index (χ1) is 12.7. The average Bonchev–Trinajstić information content (AvgIpc) is 2.68. The van der Waals surface area contributed by atoms with Gasteiger partial charge in [0.15, 0.2) is 18.1 Å². The van der Waals surface area contributed by atoms with Crippen molar-refractivity contribution in [2.24, 2.45) is 5.73 Å². The smallest absolute Gasteiger partial charge is 0.255 e. The highest BCUT2D eigenvalue weighted by atomic mass is 16.5. The minimum atomic E-state index is -0.511. The van der Waals surface area contributed by atoms with E-state index in [1.807, 2.05) is 36.5 Å². The number of amides is 1. The van der Waals surface area contributed by atoms with Crippen LogP contribution in [0.3, 0.4) is 0 Å². The number of rotatable bonds is 7. The lowest BCUT2D eigenvalue weighted by molar-refractivity contribution is -0.119. The van der Waals surface area contributed by atoms with Gasteiger partial charge in [-0.3, -0.25) is 14.7 Å². The van der Waals surface area contributed by atoms with Gasteiger partial charge < -0.3 is 15.2 Å². The molecule has 2 aromatic rings. The number of methoxy groups -OCH3 is 1. The van der Waals surface area contributed by atoms with Crippen LogP contribution in [0.1, 0.15) is 36.6 Å². The summed E-state index contributed by atoms with van der Waals surface area (Å²) in [6.45, 7) is 1.70. The summed E-state index contributed by atoms with van der Waals surface area (Å²) in [6, 6.07) is 12.2. The lowest BCUT2D eigenvalue weighted by Crippen LogP contribution is -2.33. The molecule has 1 saturated heterocycles. The molecule has 1 atom stereocenters. The second-order valence-electron chi connectivity index (χ2n) is 6.48. The summed E-state index contributed by atoms with van der Waals surface area (Å²) in [6.07, 6.45) is 5.39. The molecule has 6 nitrogen and oxygen atoms in total. The number of primary amides is 1. The molecule has 3 rings (SSSR count). The molecule has 0 saturated carbocycles. The van der Waals surface area contributed by atoms with E-state index in [0.717, 1.165) is 30.8 Å². The second kappa shape index (κ2) is 8.67. The maximum absolute atomic E-state index is 10.9. The molecule has 2 heterocycles. The summed E-state index contributed by atoms with van der Waals surface area (Å²) < 4.78 is 10.8. The first-order valence-electron chi connectivity index (χ1n) is 8.90. The number of nitrogens with zero attached hydrogens (tertiary/aromatic N) is 2. The SMILES string of the molecule is COc1cc(CN2CCCCC2c2ccccn2)ccc1OCC(N)=O. The van der Waals surface area contributed by atoms with Crippen molar-refractivity contribution in [3.8, 4) is 11.5 Å². The third kappa shape index (κ3) is 4.52. The fraction of sp³-hybridized carbons (Fsp3) is 0.400. The molecule has 6 heteroatoms. The van der Waals surface area contributed by atoms with E-state index >= 15 is 0 Å². The van der Waals surface area contributed by atoms with Crippen molar-refractivity contribution in [1.82, 2.24) is 9.88 Å². The number of hydrogen-bond donors (Lipinski definition) is 1. The minimum Gasteiger partial charge on any atom is -0.493 e. The van der Waals surface area contributed by atoms with E-state index < -0.39 is 5.91 Å². The van der Waals surface area contributed by atoms with Crippen molar-refractivity contribution >= 4 is 5.91 Å². The Morgan fingerprint density at radius 3 is 2.88 bits per heavy atom. The standard InChI is InChI=1S/C20H25N3O3/c1-25-19-12-15(8-9-18(19)26-14-20(21)24)13-23-11-5-3-7-17(23)16-6-2-4-10-22-16/h2,4,6,8-10,12,17H,3,5,7,11,13-14H2,1H3,(H2,21,24). The van der Waals surface area contributed by atoms with Crippen molar-refractivity contribution < 1.29 is 14.3 Å². The van der Waals surface area contributed by atoms with Crippen LogP contribution in [0.4, 0.5) is 0 Å². The molecule has 1 aliphatic heterocycles. The average molecular weight is 355 g/mol. The van der Waals surface area contributed by atoms with Crippen LogP contribution in [0.2, 0.25) is 0 Å². The monoisotopic (exact) mass is 355 g/mol. The van der Waals surface area contributed by atoms with Gasteiger partial charge in [-0.1, -0.05) is 18.6 Å². The van der Waals surface area contributed by atoms with Crippen LogP contribution in [0.25, 0.3) is 0 Å². The normalized spacial score (nSPS) is 17.7. The fourth-order valence-corrected chi connectivity index (χ4v) is 3.40. The van der Waals surface area contributed by atoms with Crippen LogP contribution in [-0.4, -0.2) is 36.1 Å². The number of pyridine rings is 1. The molecule has 1 unspecified atom stereocenters. The van der Waals surface area contributed by atoms with E-state index in [0.29, 0.717) is 17.5 Å². The lowest BCUT2D eigenvalue weighted by atomic mass is 9.98. The maximum Gasteiger partial charge on any atom is 0.255 e. The molecule has 0 spiro atoms. The van der Waals surface area contributed by atoms with Crippen LogP contribution in [0, 0.1) is 0 Å². The van der Waals surface area contributed by atoms with Crippen LogP contribution in [0.5, 0.6) is 11.5 Å². The number of hydrogen-bond acceptors (Lipinski definition) is 5. The highest BCUT2D eigenvalue weighted by Gasteiger charge is 2.25. The van der Waals surface area contributed by atoms with E-state index in [1.54, 1.807) is 7.11 Å². The Kier molecular flexibility index (Phi) is 6.07. The van der Waals surface area contributed by atoms with Gasteiger partial charge in [-0.15, -0.1) is 0 Å². The maximum atomic E-state index is 10.9. The van der Waals surface area contributed by atoms with Crippen LogP contribution in [0.15, 0.2) is 42.6 Å². The number of benzene rings is 1. The highest BCUT2D eigenvalue weighted by Crippen LogP contribution is 2.33. The molecule has 0 radical (unpaired) electrons. The number of carbonyl (C=O) groups is 1. The van der Waals surface area contributed by atoms with Crippen molar-refractivity contribution in [1.29, 1.82) is 0 Å². The molecular formula is C20H25N3O3. The second-order valence-corrected chi connectivity index (χ2v) is 6.48. The number of carbonyl (C=O) groups excluding carboxylic acids is 1. The minimum absolute atomic E-state index is 0.163. The van der Waals surface area contributed by atoms with Crippen LogP contribution in [-0.2, 0) is 11.3 Å². The third-order valence-electron chi connectivity index (χ3n) is 4.63. The zero-order valence-corrected chi connectivity index (χ0v) is 15.1. The first-order valence-corrected chi connectivity index (χ1v) is 8.90. The van der Waals surface area contributed by atoms with E-state index in [-0.39, 0.29) is 6.61 Å². The number of ether oxygens (including phenoxy) is 2. The van der Waals surface area contributed by atoms with Gasteiger partial charge in [-0.2, -0.15) is 0 Å². The van der Waals surface area contributed by atoms with Gasteiger partial charge in [0.05, 0.1) is 18.8 Å². The fourth-order valence-electron chi connectivity index (χ4n) is 3.40. The Bertz CT molecular complexity index is 736. The Morgan fingerprint density at radius 1 is 1.27 bits per heavy atom. The van der Waals surface area contributed by atoms with E-state index in [9.17, 15) is 4.79 Å². The summed E-state index contributed by atoms with van der Waals surface area (Å²) in [5, 5.41) is 0. The van der Waals surface area contributed by atoms with E-state index in [1.165, 1.54) is 12.8 Å². The van der Waals surface area contributed by atoms with Crippen molar-refractivity contribution in [2.45, 2.75) is 31.8 Å². The molecule has 138 valence electrons. The molecular weight excluding hydrogens is 330 g/mol. The molecule has 1 fully saturated rings. The topological polar surface area (TPSA) is 77.7 Å². The number of likely N-dealkylation sites (tertiary alicyclic amines) is 1. The Morgan fingerprint density at radius 2 is 2.15 bits per heavy atom. The Labute approximate surface area is 153 Å². The van der Waals surface area contributed by atoms with E-state index in [4.69, 9.17) is 15.2 Å². The van der Waals surface area contributed by atoms with Gasteiger partial charge in [0, 0.05) is 12.7 Å². The summed E-state index contributed by atoms with van der Waals surface area (Å²) in [4.78, 5) is 17.9. The molecule has 1 amide bonds. The van der Waals surface area contributed by atoms with Gasteiger partial charge in [0.25, 0.3) is 5.91 Å². The van der Waals surface area contributed by atoms with Gasteiger partial charge in [-0.05, 0) is 49.2 Å². The number of aromatic nitrogens is 1. The highest BCUT2D eigenvalue weighted by molar-refractivity contribution is 5.75. The molecule has 0 bridgehead atoms. The Hall–Kier alpha value is -2.60. The van der Waals surface area contributed by atoms with Gasteiger partial charge in [-0.25, -0.2) is 0 Å². The molecule has 1 aromatic carbocycles. The van der Waals surface area contributed by atoms with Gasteiger partial charge in [0.2, 0.25) is 0 Å². The third-order valence-corrected chi connectivity index (χ3v) is 4.63. The Balaban J connectivity index is 1.75. The zero-order valence-electron chi connectivity index (χ0n) is 15.1. The van der Waals surface area contributed by atoms with Crippen molar-refractivity contribution in [2.75, 3.05) is 20.3 Å². The molecule has 26 heavy (non-hydrogen) atoms. The zero-order chi connectivity index (χ0) is 18.4. The predicted molar refractivity (Wildman–Crippen MR) is 98.9 cm³/mol. The molecule has 1 aromatic heterocycles. The molecule has 1 aliphatic rings. The summed E-state index contributed by atoms with van der Waals surface area (Å²) in [5.41, 5.74) is 7.40. The summed E-state index contributed by atoms with van der Waals surface area (Å²) in [7, 11) is 1.59. The molecule has 0 aliphatic carbocycles. The van der Waals surface area contributed by atoms with Gasteiger partial charge in [0.1, 0.15) is 0 Å². The number of nitrogens with two attached hydrogens (primary N) is 1. The molecule has 2 N–H and O–H groups in total. The largest absolute Gasteiger partial charge is 0.493 e. The quantitative estimate of drug-likeness (QED) is 0.826. The lowest BCUT2D eigenvalue weighted by Gasteiger charge is -2.35. The van der Waals surface area contributed by atoms with Crippen molar-refractivity contribution in [3.05, 3.63) is 53.9 Å². The van der Waals surface area contributed by atoms with Crippen LogP contribution >= 0.6 is 0 Å².